The van der Waals surface area contributed by atoms with E-state index in [4.69, 9.17) is 11.6 Å². The second-order valence-corrected chi connectivity index (χ2v) is 7.54. The smallest absolute Gasteiger partial charge is 0.214 e. The van der Waals surface area contributed by atoms with Gasteiger partial charge >= 0.3 is 0 Å². The molecule has 0 unspecified atom stereocenters. The highest BCUT2D eigenvalue weighted by Crippen LogP contribution is 2.18. The number of nitrogens with zero attached hydrogens (tertiary/aromatic N) is 2. The fourth-order valence-corrected chi connectivity index (χ4v) is 4.12. The lowest BCUT2D eigenvalue weighted by molar-refractivity contribution is 0.384. The first-order chi connectivity index (χ1) is 10.0. The molecule has 0 aromatic heterocycles. The molecule has 1 aromatic rings. The van der Waals surface area contributed by atoms with E-state index in [0.29, 0.717) is 38.5 Å². The molecule has 0 saturated carbocycles. The van der Waals surface area contributed by atoms with E-state index in [2.05, 4.69) is 4.90 Å². The normalized spacial score (nSPS) is 17.1. The summed E-state index contributed by atoms with van der Waals surface area (Å²) >= 11 is 5.57. The second kappa shape index (κ2) is 7.42. The minimum atomic E-state index is -3.18. The van der Waals surface area contributed by atoms with Gasteiger partial charge in [0.2, 0.25) is 10.0 Å². The number of benzene rings is 1. The fourth-order valence-electron chi connectivity index (χ4n) is 2.38. The van der Waals surface area contributed by atoms with Crippen LogP contribution in [0.25, 0.3) is 0 Å². The lowest BCUT2D eigenvalue weighted by Gasteiger charge is -2.35. The van der Waals surface area contributed by atoms with Crippen molar-refractivity contribution in [1.29, 1.82) is 0 Å². The number of unbranched alkanes of at least 4 members (excludes halogenated alkanes) is 1. The van der Waals surface area contributed by atoms with Gasteiger partial charge in [0.15, 0.2) is 0 Å². The number of rotatable bonds is 6. The van der Waals surface area contributed by atoms with Crippen molar-refractivity contribution < 1.29 is 12.8 Å². The Bertz CT molecular complexity index is 543. The molecule has 1 aliphatic rings. The van der Waals surface area contributed by atoms with Crippen molar-refractivity contribution >= 4 is 27.3 Å². The molecule has 0 amide bonds. The van der Waals surface area contributed by atoms with Gasteiger partial charge in [-0.1, -0.05) is 0 Å². The van der Waals surface area contributed by atoms with Crippen molar-refractivity contribution in [3.8, 4) is 0 Å². The molecular formula is C14H20ClFN2O2S. The average molecular weight is 335 g/mol. The summed E-state index contributed by atoms with van der Waals surface area (Å²) in [6.45, 7) is 2.20. The number of hydrogen-bond donors (Lipinski definition) is 0. The molecule has 0 atom stereocenters. The molecule has 1 aromatic carbocycles. The predicted octanol–water partition coefficient (Wildman–Crippen LogP) is 2.30. The highest BCUT2D eigenvalue weighted by atomic mass is 35.5. The van der Waals surface area contributed by atoms with Crippen LogP contribution in [0.1, 0.15) is 12.8 Å². The van der Waals surface area contributed by atoms with Gasteiger partial charge in [-0.3, -0.25) is 0 Å². The van der Waals surface area contributed by atoms with Crippen molar-refractivity contribution in [3.63, 3.8) is 0 Å². The third-order valence-corrected chi connectivity index (χ3v) is 5.83. The number of halogens is 2. The molecule has 4 nitrogen and oxygen atoms in total. The van der Waals surface area contributed by atoms with Gasteiger partial charge in [-0.2, -0.15) is 4.31 Å². The average Bonchev–Trinajstić information content (AvgIpc) is 2.48. The molecule has 1 aliphatic heterocycles. The van der Waals surface area contributed by atoms with E-state index in [0.717, 1.165) is 12.1 Å². The lowest BCUT2D eigenvalue weighted by atomic mass is 10.2. The molecule has 1 fully saturated rings. The van der Waals surface area contributed by atoms with Crippen LogP contribution in [0.5, 0.6) is 0 Å². The van der Waals surface area contributed by atoms with Crippen molar-refractivity contribution in [2.75, 3.05) is 42.7 Å². The monoisotopic (exact) mass is 334 g/mol. The zero-order chi connectivity index (χ0) is 15.3. The summed E-state index contributed by atoms with van der Waals surface area (Å²) in [6, 6.07) is 6.29. The van der Waals surface area contributed by atoms with Crippen molar-refractivity contribution in [2.45, 2.75) is 12.8 Å². The van der Waals surface area contributed by atoms with E-state index in [-0.39, 0.29) is 11.6 Å². The highest BCUT2D eigenvalue weighted by molar-refractivity contribution is 7.89. The van der Waals surface area contributed by atoms with Gasteiger partial charge in [0.1, 0.15) is 5.82 Å². The van der Waals surface area contributed by atoms with Crippen molar-refractivity contribution in [2.24, 2.45) is 0 Å². The Hall–Kier alpha value is -0.850. The maximum absolute atomic E-state index is 12.9. The zero-order valence-corrected chi connectivity index (χ0v) is 13.4. The zero-order valence-electron chi connectivity index (χ0n) is 11.8. The maximum atomic E-state index is 12.9. The van der Waals surface area contributed by atoms with E-state index in [1.54, 1.807) is 16.4 Å². The van der Waals surface area contributed by atoms with E-state index in [1.807, 2.05) is 0 Å². The van der Waals surface area contributed by atoms with Gasteiger partial charge in [0.25, 0.3) is 0 Å². The summed E-state index contributed by atoms with van der Waals surface area (Å²) in [7, 11) is -3.18. The molecule has 1 heterocycles. The quantitative estimate of drug-likeness (QED) is 0.592. The Labute approximate surface area is 130 Å². The molecule has 0 aliphatic carbocycles. The van der Waals surface area contributed by atoms with Crippen LogP contribution >= 0.6 is 11.6 Å². The lowest BCUT2D eigenvalue weighted by Crippen LogP contribution is -2.49. The summed E-state index contributed by atoms with van der Waals surface area (Å²) in [5.74, 6) is 0.392. The van der Waals surface area contributed by atoms with E-state index in [1.165, 1.54) is 12.1 Å². The Morgan fingerprint density at radius 3 is 2.24 bits per heavy atom. The molecule has 0 bridgehead atoms. The molecule has 0 N–H and O–H groups in total. The molecule has 0 spiro atoms. The first-order valence-electron chi connectivity index (χ1n) is 7.07. The maximum Gasteiger partial charge on any atom is 0.214 e. The van der Waals surface area contributed by atoms with E-state index >= 15 is 0 Å². The van der Waals surface area contributed by atoms with Gasteiger partial charge in [-0.25, -0.2) is 12.8 Å². The largest absolute Gasteiger partial charge is 0.369 e. The first-order valence-corrected chi connectivity index (χ1v) is 9.21. The molecular weight excluding hydrogens is 315 g/mol. The molecule has 0 radical (unpaired) electrons. The first kappa shape index (κ1) is 16.5. The summed E-state index contributed by atoms with van der Waals surface area (Å²) < 4.78 is 38.8. The van der Waals surface area contributed by atoms with Crippen LogP contribution < -0.4 is 4.90 Å². The number of alkyl halides is 1. The van der Waals surface area contributed by atoms with Gasteiger partial charge < -0.3 is 4.90 Å². The summed E-state index contributed by atoms with van der Waals surface area (Å²) in [4.78, 5) is 2.07. The van der Waals surface area contributed by atoms with Gasteiger partial charge in [-0.05, 0) is 37.1 Å². The Morgan fingerprint density at radius 2 is 1.67 bits per heavy atom. The van der Waals surface area contributed by atoms with Crippen LogP contribution in [-0.2, 0) is 10.0 Å². The van der Waals surface area contributed by atoms with Gasteiger partial charge in [0, 0.05) is 37.7 Å². The summed E-state index contributed by atoms with van der Waals surface area (Å²) in [5.41, 5.74) is 0.926. The minimum absolute atomic E-state index is 0.163. The standard InChI is InChI=1S/C14H20ClFN2O2S/c15-7-1-2-12-21(19,20)18-10-8-17(9-11-18)14-5-3-13(16)4-6-14/h3-6H,1-2,7-12H2. The van der Waals surface area contributed by atoms with Crippen LogP contribution in [0.4, 0.5) is 10.1 Å². The Kier molecular flexibility index (Phi) is 5.84. The van der Waals surface area contributed by atoms with Crippen LogP contribution in [0, 0.1) is 5.82 Å². The highest BCUT2D eigenvalue weighted by Gasteiger charge is 2.26. The number of sulfonamides is 1. The summed E-state index contributed by atoms with van der Waals surface area (Å²) in [5, 5.41) is 0. The van der Waals surface area contributed by atoms with Gasteiger partial charge in [-0.15, -0.1) is 11.6 Å². The molecule has 21 heavy (non-hydrogen) atoms. The molecule has 2 rings (SSSR count). The van der Waals surface area contributed by atoms with Crippen LogP contribution in [-0.4, -0.2) is 50.5 Å². The van der Waals surface area contributed by atoms with Crippen LogP contribution in [0.2, 0.25) is 0 Å². The SMILES string of the molecule is O=S(=O)(CCCCCl)N1CCN(c2ccc(F)cc2)CC1. The Balaban J connectivity index is 1.89. The summed E-state index contributed by atoms with van der Waals surface area (Å²) in [6.07, 6.45) is 1.32. The number of hydrogen-bond acceptors (Lipinski definition) is 3. The van der Waals surface area contributed by atoms with E-state index in [9.17, 15) is 12.8 Å². The Morgan fingerprint density at radius 1 is 1.05 bits per heavy atom. The minimum Gasteiger partial charge on any atom is -0.369 e. The number of piperazine rings is 1. The molecule has 1 saturated heterocycles. The third kappa shape index (κ3) is 4.56. The van der Waals surface area contributed by atoms with E-state index < -0.39 is 10.0 Å². The predicted molar refractivity (Wildman–Crippen MR) is 83.9 cm³/mol. The van der Waals surface area contributed by atoms with Crippen molar-refractivity contribution in [1.82, 2.24) is 4.31 Å². The number of anilines is 1. The van der Waals surface area contributed by atoms with Gasteiger partial charge in [0.05, 0.1) is 5.75 Å². The van der Waals surface area contributed by atoms with Crippen LogP contribution in [0.3, 0.4) is 0 Å². The third-order valence-electron chi connectivity index (χ3n) is 3.61. The topological polar surface area (TPSA) is 40.6 Å². The molecule has 7 heteroatoms. The van der Waals surface area contributed by atoms with Crippen molar-refractivity contribution in [3.05, 3.63) is 30.1 Å². The molecule has 118 valence electrons. The second-order valence-electron chi connectivity index (χ2n) is 5.07. The van der Waals surface area contributed by atoms with Crippen LogP contribution in [0.15, 0.2) is 24.3 Å². The fraction of sp³-hybridized carbons (Fsp3) is 0.571.